The Bertz CT molecular complexity index is 672. The Labute approximate surface area is 191 Å². The molecular formula is C23H36IN3O2. The van der Waals surface area contributed by atoms with Crippen molar-refractivity contribution in [1.82, 2.24) is 10.6 Å². The van der Waals surface area contributed by atoms with Crippen LogP contribution in [0.15, 0.2) is 27.8 Å². The number of nitrogens with one attached hydrogen (secondary N) is 2. The number of ether oxygens (including phenoxy) is 1. The second kappa shape index (κ2) is 9.58. The van der Waals surface area contributed by atoms with E-state index in [-0.39, 0.29) is 29.6 Å². The molecule has 2 N–H and O–H groups in total. The summed E-state index contributed by atoms with van der Waals surface area (Å²) in [7, 11) is 0. The first-order valence-electron chi connectivity index (χ1n) is 11.5. The molecule has 1 spiro atoms. The molecule has 1 aliphatic heterocycles. The van der Waals surface area contributed by atoms with Gasteiger partial charge < -0.3 is 19.8 Å². The number of hydrogen-bond donors (Lipinski definition) is 2. The van der Waals surface area contributed by atoms with Gasteiger partial charge in [-0.05, 0) is 68.9 Å². The lowest BCUT2D eigenvalue weighted by Crippen LogP contribution is -2.53. The van der Waals surface area contributed by atoms with E-state index in [0.717, 1.165) is 56.0 Å². The van der Waals surface area contributed by atoms with Crippen molar-refractivity contribution in [2.24, 2.45) is 16.8 Å². The molecule has 0 amide bonds. The Hall–Kier alpha value is -0.760. The van der Waals surface area contributed by atoms with E-state index in [4.69, 9.17) is 14.1 Å². The maximum absolute atomic E-state index is 6.23. The highest BCUT2D eigenvalue weighted by molar-refractivity contribution is 14.0. The van der Waals surface area contributed by atoms with Gasteiger partial charge in [0, 0.05) is 31.7 Å². The van der Waals surface area contributed by atoms with Crippen molar-refractivity contribution in [3.63, 3.8) is 0 Å². The number of rotatable bonds is 5. The molecule has 6 heteroatoms. The van der Waals surface area contributed by atoms with Gasteiger partial charge in [0.2, 0.25) is 0 Å². The van der Waals surface area contributed by atoms with Crippen molar-refractivity contribution in [3.8, 4) is 0 Å². The summed E-state index contributed by atoms with van der Waals surface area (Å²) in [5.74, 6) is 3.82. The maximum atomic E-state index is 6.23. The Morgan fingerprint density at radius 1 is 1.14 bits per heavy atom. The quantitative estimate of drug-likeness (QED) is 0.342. The third-order valence-electron chi connectivity index (χ3n) is 7.62. The maximum Gasteiger partial charge on any atom is 0.191 e. The zero-order valence-electron chi connectivity index (χ0n) is 17.4. The monoisotopic (exact) mass is 513 g/mol. The van der Waals surface area contributed by atoms with Crippen LogP contribution < -0.4 is 10.6 Å². The van der Waals surface area contributed by atoms with Crippen LogP contribution >= 0.6 is 24.0 Å². The molecule has 4 atom stereocenters. The highest BCUT2D eigenvalue weighted by Gasteiger charge is 2.42. The normalized spacial score (nSPS) is 33.0. The van der Waals surface area contributed by atoms with E-state index in [0.29, 0.717) is 12.1 Å². The highest BCUT2D eigenvalue weighted by atomic mass is 127. The minimum Gasteiger partial charge on any atom is -0.469 e. The molecule has 5 nitrogen and oxygen atoms in total. The first-order chi connectivity index (χ1) is 13.8. The van der Waals surface area contributed by atoms with Gasteiger partial charge in [0.05, 0.1) is 11.9 Å². The fourth-order valence-electron chi connectivity index (χ4n) is 6.17. The van der Waals surface area contributed by atoms with E-state index in [1.807, 2.05) is 12.1 Å². The van der Waals surface area contributed by atoms with Crippen LogP contribution in [0.1, 0.15) is 70.0 Å². The van der Waals surface area contributed by atoms with Crippen LogP contribution in [-0.2, 0) is 11.2 Å². The molecule has 1 aromatic rings. The van der Waals surface area contributed by atoms with E-state index < -0.39 is 0 Å². The lowest BCUT2D eigenvalue weighted by Gasteiger charge is -2.39. The zero-order valence-corrected chi connectivity index (χ0v) is 19.7. The fourth-order valence-corrected chi connectivity index (χ4v) is 6.17. The summed E-state index contributed by atoms with van der Waals surface area (Å²) in [5, 5.41) is 7.62. The molecule has 3 aliphatic carbocycles. The first kappa shape index (κ1) is 21.5. The minimum absolute atomic E-state index is 0. The van der Waals surface area contributed by atoms with Gasteiger partial charge in [0.25, 0.3) is 0 Å². The Balaban J connectivity index is 0.00000205. The second-order valence-corrected chi connectivity index (χ2v) is 9.56. The summed E-state index contributed by atoms with van der Waals surface area (Å²) in [5.41, 5.74) is 0.140. The smallest absolute Gasteiger partial charge is 0.191 e. The van der Waals surface area contributed by atoms with Crippen molar-refractivity contribution < 1.29 is 9.15 Å². The molecule has 4 unspecified atom stereocenters. The lowest BCUT2D eigenvalue weighted by atomic mass is 9.89. The molecule has 29 heavy (non-hydrogen) atoms. The van der Waals surface area contributed by atoms with Gasteiger partial charge in [-0.1, -0.05) is 19.3 Å². The van der Waals surface area contributed by atoms with Crippen molar-refractivity contribution in [3.05, 3.63) is 24.2 Å². The number of guanidine groups is 1. The van der Waals surface area contributed by atoms with E-state index in [2.05, 4.69) is 10.6 Å². The van der Waals surface area contributed by atoms with Crippen LogP contribution in [0.5, 0.6) is 0 Å². The average molecular weight is 513 g/mol. The van der Waals surface area contributed by atoms with Crippen molar-refractivity contribution in [1.29, 1.82) is 0 Å². The van der Waals surface area contributed by atoms with Crippen LogP contribution in [0.4, 0.5) is 0 Å². The predicted molar refractivity (Wildman–Crippen MR) is 126 cm³/mol. The lowest BCUT2D eigenvalue weighted by molar-refractivity contribution is -0.0815. The van der Waals surface area contributed by atoms with Gasteiger partial charge in [-0.15, -0.1) is 24.0 Å². The van der Waals surface area contributed by atoms with E-state index in [9.17, 15) is 0 Å². The number of hydrogen-bond acceptors (Lipinski definition) is 3. The Morgan fingerprint density at radius 2 is 2.03 bits per heavy atom. The van der Waals surface area contributed by atoms with E-state index >= 15 is 0 Å². The number of fused-ring (bicyclic) bond motifs is 2. The van der Waals surface area contributed by atoms with Crippen LogP contribution in [-0.4, -0.2) is 36.8 Å². The summed E-state index contributed by atoms with van der Waals surface area (Å²) in [6.45, 7) is 1.64. The predicted octanol–water partition coefficient (Wildman–Crippen LogP) is 4.66. The first-order valence-corrected chi connectivity index (χ1v) is 11.5. The fraction of sp³-hybridized carbons (Fsp3) is 0.783. The third kappa shape index (κ3) is 5.12. The topological polar surface area (TPSA) is 58.8 Å². The van der Waals surface area contributed by atoms with Crippen LogP contribution in [0, 0.1) is 11.8 Å². The molecule has 1 saturated heterocycles. The van der Waals surface area contributed by atoms with Crippen molar-refractivity contribution in [2.45, 2.75) is 88.3 Å². The van der Waals surface area contributed by atoms with Gasteiger partial charge in [-0.3, -0.25) is 4.99 Å². The largest absolute Gasteiger partial charge is 0.469 e. The Kier molecular flexibility index (Phi) is 7.10. The molecule has 0 radical (unpaired) electrons. The van der Waals surface area contributed by atoms with Gasteiger partial charge >= 0.3 is 0 Å². The molecule has 1 aromatic heterocycles. The molecule has 0 aromatic carbocycles. The molecule has 5 rings (SSSR count). The van der Waals surface area contributed by atoms with Crippen LogP contribution in [0.2, 0.25) is 0 Å². The molecule has 4 aliphatic rings. The molecule has 2 heterocycles. The summed E-state index contributed by atoms with van der Waals surface area (Å²) in [6, 6.07) is 5.07. The van der Waals surface area contributed by atoms with E-state index in [1.54, 1.807) is 6.26 Å². The summed E-state index contributed by atoms with van der Waals surface area (Å²) < 4.78 is 11.7. The number of aliphatic imine (C=N–C) groups is 1. The van der Waals surface area contributed by atoms with Gasteiger partial charge in [-0.2, -0.15) is 0 Å². The zero-order chi connectivity index (χ0) is 18.8. The van der Waals surface area contributed by atoms with Crippen LogP contribution in [0.3, 0.4) is 0 Å². The summed E-state index contributed by atoms with van der Waals surface area (Å²) >= 11 is 0. The van der Waals surface area contributed by atoms with Gasteiger partial charge in [-0.25, -0.2) is 0 Å². The molecular weight excluding hydrogens is 477 g/mol. The molecule has 3 saturated carbocycles. The highest BCUT2D eigenvalue weighted by Crippen LogP contribution is 2.44. The van der Waals surface area contributed by atoms with E-state index in [1.165, 1.54) is 51.4 Å². The van der Waals surface area contributed by atoms with Crippen molar-refractivity contribution >= 4 is 29.9 Å². The SMILES string of the molecule is I.c1coc(CCN=C(NC2CCOC3(CCCC3)C2)NC2CC3CCC2C3)c1. The molecule has 2 bridgehead atoms. The van der Waals surface area contributed by atoms with Gasteiger partial charge in [0.1, 0.15) is 5.76 Å². The average Bonchev–Trinajstić information content (AvgIpc) is 3.48. The number of nitrogens with zero attached hydrogens (tertiary/aromatic N) is 1. The standard InChI is InChI=1S/C23H35N3O2.HI/c1-2-10-23(9-1)16-19(8-13-28-23)25-22(24-11-7-20-4-3-12-27-20)26-21-15-17-5-6-18(21)14-17;/h3-4,12,17-19,21H,1-2,5-11,13-16H2,(H2,24,25,26);1H. The minimum atomic E-state index is 0. The molecule has 162 valence electrons. The van der Waals surface area contributed by atoms with Crippen molar-refractivity contribution in [2.75, 3.05) is 13.2 Å². The summed E-state index contributed by atoms with van der Waals surface area (Å²) in [4.78, 5) is 4.95. The Morgan fingerprint density at radius 3 is 2.76 bits per heavy atom. The number of halogens is 1. The van der Waals surface area contributed by atoms with Gasteiger partial charge in [0.15, 0.2) is 5.96 Å². The van der Waals surface area contributed by atoms with Crippen LogP contribution in [0.25, 0.3) is 0 Å². The summed E-state index contributed by atoms with van der Waals surface area (Å²) in [6.07, 6.45) is 15.5. The molecule has 4 fully saturated rings. The number of furan rings is 1. The third-order valence-corrected chi connectivity index (χ3v) is 7.62. The second-order valence-electron chi connectivity index (χ2n) is 9.56.